The van der Waals surface area contributed by atoms with E-state index < -0.39 is 0 Å². The molecule has 132 valence electrons. The maximum absolute atomic E-state index is 12.5. The second-order valence-corrected chi connectivity index (χ2v) is 6.10. The third-order valence-electron chi connectivity index (χ3n) is 4.14. The Balaban J connectivity index is 1.69. The molecule has 25 heavy (non-hydrogen) atoms. The van der Waals surface area contributed by atoms with Crippen LogP contribution in [-0.2, 0) is 11.8 Å². The van der Waals surface area contributed by atoms with Gasteiger partial charge in [0.1, 0.15) is 11.9 Å². The number of carbonyl (C=O) groups is 1. The number of rotatable bonds is 4. The van der Waals surface area contributed by atoms with Gasteiger partial charge in [-0.25, -0.2) is 0 Å². The highest BCUT2D eigenvalue weighted by Crippen LogP contribution is 2.17. The van der Waals surface area contributed by atoms with Crippen molar-refractivity contribution in [1.82, 2.24) is 14.9 Å². The second-order valence-electron chi connectivity index (χ2n) is 6.10. The smallest absolute Gasteiger partial charge is 0.253 e. The molecule has 1 N–H and O–H groups in total. The number of aryl methyl sites for hydroxylation is 2. The van der Waals surface area contributed by atoms with Gasteiger partial charge in [0.05, 0.1) is 24.4 Å². The van der Waals surface area contributed by atoms with E-state index in [4.69, 9.17) is 9.47 Å². The molecule has 0 aliphatic carbocycles. The standard InChI is InChI=1S/C18H21N3O4/c1-12-3-5-14(9-19-12)25-16-11-24-8-7-15(16)20-18(23)13-4-6-17(22)21(2)10-13/h3-6,9-10,15-16H,7-8,11H2,1-2H3,(H,20,23)/t15-,16+/m0/s1. The number of hydrogen-bond acceptors (Lipinski definition) is 5. The SMILES string of the molecule is Cc1ccc(O[C@@H]2COCC[C@@H]2NC(=O)c2ccc(=O)n(C)c2)cn1. The summed E-state index contributed by atoms with van der Waals surface area (Å²) in [5.74, 6) is 0.403. The molecular formula is C18H21N3O4. The van der Waals surface area contributed by atoms with E-state index in [1.54, 1.807) is 13.2 Å². The van der Waals surface area contributed by atoms with Gasteiger partial charge in [-0.1, -0.05) is 0 Å². The van der Waals surface area contributed by atoms with E-state index in [1.807, 2.05) is 19.1 Å². The molecule has 1 fully saturated rings. The van der Waals surface area contributed by atoms with E-state index in [0.717, 1.165) is 5.69 Å². The van der Waals surface area contributed by atoms with Crippen molar-refractivity contribution in [3.05, 3.63) is 58.3 Å². The second kappa shape index (κ2) is 7.48. The molecule has 3 heterocycles. The number of hydrogen-bond donors (Lipinski definition) is 1. The van der Waals surface area contributed by atoms with Crippen LogP contribution in [0.3, 0.4) is 0 Å². The van der Waals surface area contributed by atoms with Crippen molar-refractivity contribution in [2.24, 2.45) is 7.05 Å². The Bertz CT molecular complexity index is 801. The van der Waals surface area contributed by atoms with Gasteiger partial charge in [-0.05, 0) is 31.5 Å². The number of nitrogens with zero attached hydrogens (tertiary/aromatic N) is 2. The van der Waals surface area contributed by atoms with E-state index in [1.165, 1.54) is 22.9 Å². The predicted molar refractivity (Wildman–Crippen MR) is 91.8 cm³/mol. The molecule has 2 aromatic rings. The molecule has 0 bridgehead atoms. The molecule has 0 unspecified atom stereocenters. The normalized spacial score (nSPS) is 20.1. The Kier molecular flexibility index (Phi) is 5.14. The van der Waals surface area contributed by atoms with Crippen molar-refractivity contribution in [1.29, 1.82) is 0 Å². The van der Waals surface area contributed by atoms with Crippen LogP contribution in [0.2, 0.25) is 0 Å². The molecule has 0 saturated carbocycles. The first kappa shape index (κ1) is 17.2. The van der Waals surface area contributed by atoms with Crippen LogP contribution in [0.1, 0.15) is 22.5 Å². The van der Waals surface area contributed by atoms with E-state index in [-0.39, 0.29) is 23.6 Å². The van der Waals surface area contributed by atoms with Crippen LogP contribution in [0.25, 0.3) is 0 Å². The van der Waals surface area contributed by atoms with Gasteiger partial charge in [0.15, 0.2) is 0 Å². The largest absolute Gasteiger partial charge is 0.484 e. The lowest BCUT2D eigenvalue weighted by Crippen LogP contribution is -2.51. The van der Waals surface area contributed by atoms with E-state index in [0.29, 0.717) is 30.9 Å². The van der Waals surface area contributed by atoms with Crippen LogP contribution < -0.4 is 15.6 Å². The van der Waals surface area contributed by atoms with Gasteiger partial charge >= 0.3 is 0 Å². The molecule has 2 atom stereocenters. The lowest BCUT2D eigenvalue weighted by atomic mass is 10.1. The highest BCUT2D eigenvalue weighted by Gasteiger charge is 2.29. The van der Waals surface area contributed by atoms with E-state index in [9.17, 15) is 9.59 Å². The van der Waals surface area contributed by atoms with Crippen LogP contribution in [-0.4, -0.2) is 40.8 Å². The summed E-state index contributed by atoms with van der Waals surface area (Å²) in [5, 5.41) is 2.98. The molecule has 1 aliphatic rings. The van der Waals surface area contributed by atoms with Crippen LogP contribution >= 0.6 is 0 Å². The van der Waals surface area contributed by atoms with Crippen molar-refractivity contribution in [3.63, 3.8) is 0 Å². The number of ether oxygens (including phenoxy) is 2. The molecule has 1 amide bonds. The summed E-state index contributed by atoms with van der Waals surface area (Å²) in [5.41, 5.74) is 1.19. The molecule has 1 saturated heterocycles. The maximum atomic E-state index is 12.5. The lowest BCUT2D eigenvalue weighted by Gasteiger charge is -2.32. The number of carbonyl (C=O) groups excluding carboxylic acids is 1. The van der Waals surface area contributed by atoms with Crippen LogP contribution in [0.4, 0.5) is 0 Å². The summed E-state index contributed by atoms with van der Waals surface area (Å²) < 4.78 is 12.8. The average molecular weight is 343 g/mol. The molecule has 7 heteroatoms. The first-order valence-electron chi connectivity index (χ1n) is 8.17. The van der Waals surface area contributed by atoms with Gasteiger partial charge in [-0.15, -0.1) is 0 Å². The highest BCUT2D eigenvalue weighted by atomic mass is 16.5. The average Bonchev–Trinajstić information content (AvgIpc) is 2.61. The van der Waals surface area contributed by atoms with Gasteiger partial charge in [-0.2, -0.15) is 0 Å². The minimum absolute atomic E-state index is 0.157. The zero-order valence-electron chi connectivity index (χ0n) is 14.3. The number of pyridine rings is 2. The molecule has 1 aliphatic heterocycles. The Hall–Kier alpha value is -2.67. The summed E-state index contributed by atoms with van der Waals surface area (Å²) in [6.07, 6.45) is 3.54. The third kappa shape index (κ3) is 4.24. The maximum Gasteiger partial charge on any atom is 0.253 e. The van der Waals surface area contributed by atoms with Crippen molar-refractivity contribution < 1.29 is 14.3 Å². The van der Waals surface area contributed by atoms with Crippen molar-refractivity contribution in [2.45, 2.75) is 25.5 Å². The first-order chi connectivity index (χ1) is 12.0. The summed E-state index contributed by atoms with van der Waals surface area (Å²) in [4.78, 5) is 28.1. The minimum Gasteiger partial charge on any atom is -0.484 e. The molecule has 0 spiro atoms. The van der Waals surface area contributed by atoms with Crippen LogP contribution in [0.15, 0.2) is 41.5 Å². The molecule has 7 nitrogen and oxygen atoms in total. The zero-order valence-corrected chi connectivity index (χ0v) is 14.3. The Labute approximate surface area is 145 Å². The fraction of sp³-hybridized carbons (Fsp3) is 0.389. The first-order valence-corrected chi connectivity index (χ1v) is 8.17. The van der Waals surface area contributed by atoms with Crippen molar-refractivity contribution in [2.75, 3.05) is 13.2 Å². The third-order valence-corrected chi connectivity index (χ3v) is 4.14. The Morgan fingerprint density at radius 1 is 1.36 bits per heavy atom. The number of nitrogens with one attached hydrogen (secondary N) is 1. The minimum atomic E-state index is -0.297. The van der Waals surface area contributed by atoms with Gasteiger partial charge in [-0.3, -0.25) is 14.6 Å². The highest BCUT2D eigenvalue weighted by molar-refractivity contribution is 5.94. The van der Waals surface area contributed by atoms with Crippen LogP contribution in [0.5, 0.6) is 5.75 Å². The van der Waals surface area contributed by atoms with Gasteiger partial charge < -0.3 is 19.4 Å². The Morgan fingerprint density at radius 2 is 2.20 bits per heavy atom. The monoisotopic (exact) mass is 343 g/mol. The Morgan fingerprint density at radius 3 is 2.92 bits per heavy atom. The fourth-order valence-electron chi connectivity index (χ4n) is 2.67. The lowest BCUT2D eigenvalue weighted by molar-refractivity contribution is -0.0136. The number of aromatic nitrogens is 2. The van der Waals surface area contributed by atoms with Gasteiger partial charge in [0.25, 0.3) is 5.91 Å². The van der Waals surface area contributed by atoms with E-state index in [2.05, 4.69) is 10.3 Å². The summed E-state index contributed by atoms with van der Waals surface area (Å²) in [6.45, 7) is 2.86. The summed E-state index contributed by atoms with van der Waals surface area (Å²) in [6, 6.07) is 6.45. The van der Waals surface area contributed by atoms with E-state index >= 15 is 0 Å². The van der Waals surface area contributed by atoms with Gasteiger partial charge in [0, 0.05) is 31.6 Å². The summed E-state index contributed by atoms with van der Waals surface area (Å²) >= 11 is 0. The molecule has 3 rings (SSSR count). The van der Waals surface area contributed by atoms with Crippen LogP contribution in [0, 0.1) is 6.92 Å². The van der Waals surface area contributed by atoms with Crippen molar-refractivity contribution in [3.8, 4) is 5.75 Å². The zero-order chi connectivity index (χ0) is 17.8. The summed E-state index contributed by atoms with van der Waals surface area (Å²) in [7, 11) is 1.61. The molecule has 2 aromatic heterocycles. The molecule has 0 radical (unpaired) electrons. The fourth-order valence-corrected chi connectivity index (χ4v) is 2.67. The topological polar surface area (TPSA) is 82.5 Å². The van der Waals surface area contributed by atoms with Crippen molar-refractivity contribution >= 4 is 5.91 Å². The number of amides is 1. The van der Waals surface area contributed by atoms with Gasteiger partial charge in [0.2, 0.25) is 5.56 Å². The molecule has 0 aromatic carbocycles. The quantitative estimate of drug-likeness (QED) is 0.897. The predicted octanol–water partition coefficient (Wildman–Crippen LogP) is 1.06. The molecular weight excluding hydrogens is 322 g/mol.